The van der Waals surface area contributed by atoms with Crippen molar-refractivity contribution in [2.45, 2.75) is 6.92 Å². The average Bonchev–Trinajstić information content (AvgIpc) is 2.64. The van der Waals surface area contributed by atoms with Crippen LogP contribution in [-0.2, 0) is 0 Å². The predicted molar refractivity (Wildman–Crippen MR) is 75.1 cm³/mol. The molecule has 6 heteroatoms. The molecule has 0 atom stereocenters. The summed E-state index contributed by atoms with van der Waals surface area (Å²) in [4.78, 5) is 4.47. The number of ether oxygens (including phenoxy) is 1. The second-order valence-corrected chi connectivity index (χ2v) is 6.18. The Hall–Kier alpha value is -0.550. The zero-order valence-electron chi connectivity index (χ0n) is 8.94. The lowest BCUT2D eigenvalue weighted by molar-refractivity contribution is 0.341. The molecule has 0 N–H and O–H groups in total. The Morgan fingerprint density at radius 2 is 2.00 bits per heavy atom. The van der Waals surface area contributed by atoms with Crippen molar-refractivity contribution in [2.24, 2.45) is 4.99 Å². The maximum atomic E-state index is 6.04. The van der Waals surface area contributed by atoms with Crippen molar-refractivity contribution in [1.82, 2.24) is 0 Å². The highest BCUT2D eigenvalue weighted by Crippen LogP contribution is 2.30. The van der Waals surface area contributed by atoms with Gasteiger partial charge in [0.05, 0.1) is 6.61 Å². The van der Waals surface area contributed by atoms with E-state index in [2.05, 4.69) is 4.99 Å². The largest absolute Gasteiger partial charge is 0.492 e. The van der Waals surface area contributed by atoms with Gasteiger partial charge in [0.15, 0.2) is 0 Å². The third kappa shape index (κ3) is 3.01. The van der Waals surface area contributed by atoms with E-state index in [-0.39, 0.29) is 0 Å². The molecule has 0 aliphatic heterocycles. The van der Waals surface area contributed by atoms with Gasteiger partial charge in [0.25, 0.3) is 0 Å². The minimum absolute atomic E-state index is 0.507. The quantitative estimate of drug-likeness (QED) is 0.750. The van der Waals surface area contributed by atoms with Crippen LogP contribution in [0.2, 0.25) is 9.36 Å². The molecular weight excluding hydrogens is 297 g/mol. The van der Waals surface area contributed by atoms with E-state index in [4.69, 9.17) is 27.9 Å². The zero-order chi connectivity index (χ0) is 12.3. The molecule has 0 amide bonds. The molecule has 1 aromatic carbocycles. The van der Waals surface area contributed by atoms with Crippen LogP contribution in [-0.4, -0.2) is 6.61 Å². The maximum absolute atomic E-state index is 6.04. The fourth-order valence-electron chi connectivity index (χ4n) is 1.24. The van der Waals surface area contributed by atoms with Gasteiger partial charge in [0.2, 0.25) is 0 Å². The normalized spacial score (nSPS) is 11.8. The molecule has 0 saturated heterocycles. The van der Waals surface area contributed by atoms with Gasteiger partial charge in [-0.1, -0.05) is 56.0 Å². The SMILES string of the molecule is CCOc1ccccc1N=c1ssc(Cl)c1Cl. The lowest BCUT2D eigenvalue weighted by Crippen LogP contribution is -1.95. The molecule has 2 rings (SSSR count). The summed E-state index contributed by atoms with van der Waals surface area (Å²) in [7, 11) is 2.86. The molecule has 1 heterocycles. The fourth-order valence-corrected chi connectivity index (χ4v) is 3.98. The highest BCUT2D eigenvalue weighted by Gasteiger charge is 2.06. The molecular formula is C11H9Cl2NOS2. The first-order valence-corrected chi connectivity index (χ1v) is 7.83. The Morgan fingerprint density at radius 1 is 1.24 bits per heavy atom. The molecule has 17 heavy (non-hydrogen) atoms. The minimum atomic E-state index is 0.507. The monoisotopic (exact) mass is 305 g/mol. The van der Waals surface area contributed by atoms with Crippen LogP contribution in [0.1, 0.15) is 6.92 Å². The van der Waals surface area contributed by atoms with Crippen molar-refractivity contribution < 1.29 is 4.74 Å². The first-order chi connectivity index (χ1) is 8.22. The summed E-state index contributed by atoms with van der Waals surface area (Å²) in [6, 6.07) is 7.60. The Labute approximate surface area is 117 Å². The Kier molecular flexibility index (Phi) is 4.45. The highest BCUT2D eigenvalue weighted by molar-refractivity contribution is 7.69. The van der Waals surface area contributed by atoms with Crippen molar-refractivity contribution >= 4 is 49.6 Å². The molecule has 0 spiro atoms. The first kappa shape index (κ1) is 12.9. The van der Waals surface area contributed by atoms with E-state index >= 15 is 0 Å². The van der Waals surface area contributed by atoms with Crippen LogP contribution in [0.5, 0.6) is 5.75 Å². The lowest BCUT2D eigenvalue weighted by atomic mass is 10.3. The van der Waals surface area contributed by atoms with Crippen molar-refractivity contribution in [1.29, 1.82) is 0 Å². The van der Waals surface area contributed by atoms with E-state index in [9.17, 15) is 0 Å². The van der Waals surface area contributed by atoms with Gasteiger partial charge in [-0.25, -0.2) is 4.99 Å². The third-order valence-corrected chi connectivity index (χ3v) is 5.44. The number of halogens is 2. The second-order valence-electron chi connectivity index (χ2n) is 3.07. The van der Waals surface area contributed by atoms with E-state index in [1.165, 1.54) is 20.7 Å². The van der Waals surface area contributed by atoms with E-state index in [0.717, 1.165) is 11.4 Å². The first-order valence-electron chi connectivity index (χ1n) is 4.93. The smallest absolute Gasteiger partial charge is 0.147 e. The molecule has 0 bridgehead atoms. The topological polar surface area (TPSA) is 21.6 Å². The molecule has 0 saturated carbocycles. The van der Waals surface area contributed by atoms with Crippen LogP contribution < -0.4 is 9.41 Å². The predicted octanol–water partition coefficient (Wildman–Crippen LogP) is 4.75. The molecule has 90 valence electrons. The van der Waals surface area contributed by atoms with E-state index in [1.54, 1.807) is 0 Å². The van der Waals surface area contributed by atoms with Crippen LogP contribution in [0, 0.1) is 0 Å². The molecule has 2 aromatic rings. The summed E-state index contributed by atoms with van der Waals surface area (Å²) >= 11 is 11.9. The molecule has 0 unspecified atom stereocenters. The third-order valence-electron chi connectivity index (χ3n) is 1.94. The summed E-state index contributed by atoms with van der Waals surface area (Å²) in [5.41, 5.74) is 0.766. The Balaban J connectivity index is 2.48. The van der Waals surface area contributed by atoms with Crippen LogP contribution in [0.25, 0.3) is 0 Å². The van der Waals surface area contributed by atoms with Crippen LogP contribution in [0.4, 0.5) is 5.69 Å². The van der Waals surface area contributed by atoms with Gasteiger partial charge < -0.3 is 4.74 Å². The minimum Gasteiger partial charge on any atom is -0.492 e. The summed E-state index contributed by atoms with van der Waals surface area (Å²) in [5.74, 6) is 0.751. The number of nitrogens with zero attached hydrogens (tertiary/aromatic N) is 1. The van der Waals surface area contributed by atoms with Gasteiger partial charge in [-0.15, -0.1) is 0 Å². The number of hydrogen-bond donors (Lipinski definition) is 0. The van der Waals surface area contributed by atoms with Crippen molar-refractivity contribution in [2.75, 3.05) is 6.61 Å². The average molecular weight is 306 g/mol. The van der Waals surface area contributed by atoms with Crippen molar-refractivity contribution in [3.05, 3.63) is 38.3 Å². The van der Waals surface area contributed by atoms with E-state index in [1.807, 2.05) is 31.2 Å². The molecule has 2 nitrogen and oxygen atoms in total. The molecule has 0 radical (unpaired) electrons. The maximum Gasteiger partial charge on any atom is 0.147 e. The van der Waals surface area contributed by atoms with Gasteiger partial charge in [0, 0.05) is 0 Å². The van der Waals surface area contributed by atoms with Gasteiger partial charge in [-0.2, -0.15) is 0 Å². The van der Waals surface area contributed by atoms with Gasteiger partial charge in [-0.05, 0) is 19.1 Å². The highest BCUT2D eigenvalue weighted by atomic mass is 35.5. The van der Waals surface area contributed by atoms with Crippen molar-refractivity contribution in [3.8, 4) is 5.75 Å². The fraction of sp³-hybridized carbons (Fsp3) is 0.182. The number of rotatable bonds is 3. The lowest BCUT2D eigenvalue weighted by Gasteiger charge is -2.04. The summed E-state index contributed by atoms with van der Waals surface area (Å²) in [6.45, 7) is 2.54. The Bertz CT molecular complexity index is 577. The van der Waals surface area contributed by atoms with E-state index in [0.29, 0.717) is 20.6 Å². The summed E-state index contributed by atoms with van der Waals surface area (Å²) in [6.07, 6.45) is 0. The van der Waals surface area contributed by atoms with Gasteiger partial charge >= 0.3 is 0 Å². The standard InChI is InChI=1S/C11H9Cl2NOS2/c1-2-15-8-6-4-3-5-7(8)14-11-9(12)10(13)16-17-11/h3-6H,2H2,1H3. The van der Waals surface area contributed by atoms with E-state index < -0.39 is 0 Å². The zero-order valence-corrected chi connectivity index (χ0v) is 12.1. The number of hydrogen-bond acceptors (Lipinski definition) is 4. The summed E-state index contributed by atoms with van der Waals surface area (Å²) < 4.78 is 6.78. The van der Waals surface area contributed by atoms with Gasteiger partial charge in [-0.3, -0.25) is 0 Å². The molecule has 0 aliphatic carbocycles. The van der Waals surface area contributed by atoms with Crippen LogP contribution in [0.3, 0.4) is 0 Å². The molecule has 0 fully saturated rings. The van der Waals surface area contributed by atoms with Crippen LogP contribution in [0.15, 0.2) is 29.3 Å². The number of benzene rings is 1. The van der Waals surface area contributed by atoms with Crippen molar-refractivity contribution in [3.63, 3.8) is 0 Å². The Morgan fingerprint density at radius 3 is 2.65 bits per heavy atom. The summed E-state index contributed by atoms with van der Waals surface area (Å²) in [5, 5.41) is 0.507. The second kappa shape index (κ2) is 5.87. The number of para-hydroxylation sites is 2. The van der Waals surface area contributed by atoms with Gasteiger partial charge in [0.1, 0.15) is 25.5 Å². The van der Waals surface area contributed by atoms with Crippen LogP contribution >= 0.6 is 43.9 Å². The molecule has 1 aromatic heterocycles. The molecule has 0 aliphatic rings.